The molecule has 2 aromatic carbocycles. The molecule has 0 radical (unpaired) electrons. The number of amides is 3. The second-order valence-corrected chi connectivity index (χ2v) is 6.73. The van der Waals surface area contributed by atoms with Crippen LogP contribution in [0.1, 0.15) is 38.8 Å². The first-order chi connectivity index (χ1) is 13.3. The lowest BCUT2D eigenvalue weighted by molar-refractivity contribution is -0.150. The molecule has 144 valence electrons. The van der Waals surface area contributed by atoms with E-state index in [0.717, 1.165) is 16.0 Å². The van der Waals surface area contributed by atoms with Crippen molar-refractivity contribution in [2.45, 2.75) is 26.8 Å². The number of esters is 1. The molecule has 1 aliphatic heterocycles. The van der Waals surface area contributed by atoms with Crippen LogP contribution >= 0.6 is 0 Å². The number of hydrogen-bond acceptors (Lipinski definition) is 5. The predicted molar refractivity (Wildman–Crippen MR) is 102 cm³/mol. The molecular formula is C21H20N2O5. The van der Waals surface area contributed by atoms with E-state index in [-0.39, 0.29) is 11.1 Å². The molecule has 0 aliphatic carbocycles. The van der Waals surface area contributed by atoms with E-state index in [4.69, 9.17) is 4.74 Å². The first-order valence-electron chi connectivity index (χ1n) is 8.79. The van der Waals surface area contributed by atoms with Crippen molar-refractivity contribution in [3.8, 4) is 0 Å². The van der Waals surface area contributed by atoms with Gasteiger partial charge in [0.25, 0.3) is 17.7 Å². The number of carbonyl (C=O) groups is 4. The Bertz CT molecular complexity index is 927. The van der Waals surface area contributed by atoms with E-state index >= 15 is 0 Å². The van der Waals surface area contributed by atoms with Crippen molar-refractivity contribution < 1.29 is 23.9 Å². The molecule has 0 fully saturated rings. The summed E-state index contributed by atoms with van der Waals surface area (Å²) in [5.41, 5.74) is 3.09. The van der Waals surface area contributed by atoms with Crippen LogP contribution in [-0.4, -0.2) is 41.2 Å². The maximum absolute atomic E-state index is 12.4. The summed E-state index contributed by atoms with van der Waals surface area (Å²) < 4.78 is 5.01. The molecule has 2 aromatic rings. The van der Waals surface area contributed by atoms with Gasteiger partial charge in [0.15, 0.2) is 6.61 Å². The molecule has 3 rings (SSSR count). The molecule has 0 saturated heterocycles. The van der Waals surface area contributed by atoms with Crippen LogP contribution in [0.4, 0.5) is 5.69 Å². The number of rotatable bonds is 5. The molecule has 7 nitrogen and oxygen atoms in total. The zero-order chi connectivity index (χ0) is 20.4. The molecular weight excluding hydrogens is 360 g/mol. The van der Waals surface area contributed by atoms with E-state index in [1.807, 2.05) is 19.9 Å². The molecule has 28 heavy (non-hydrogen) atoms. The molecule has 1 heterocycles. The molecule has 1 atom stereocenters. The number of benzene rings is 2. The van der Waals surface area contributed by atoms with Crippen LogP contribution in [0.25, 0.3) is 0 Å². The fraction of sp³-hybridized carbons (Fsp3) is 0.238. The number of nitrogens with zero attached hydrogens (tertiary/aromatic N) is 1. The van der Waals surface area contributed by atoms with Crippen molar-refractivity contribution in [1.82, 2.24) is 4.90 Å². The fourth-order valence-electron chi connectivity index (χ4n) is 3.17. The van der Waals surface area contributed by atoms with Crippen molar-refractivity contribution in [2.75, 3.05) is 11.9 Å². The van der Waals surface area contributed by atoms with Crippen LogP contribution in [0.15, 0.2) is 42.5 Å². The van der Waals surface area contributed by atoms with Gasteiger partial charge in [-0.25, -0.2) is 4.79 Å². The molecule has 3 amide bonds. The van der Waals surface area contributed by atoms with Crippen LogP contribution in [0.5, 0.6) is 0 Å². The number of aryl methyl sites for hydroxylation is 2. The van der Waals surface area contributed by atoms with Gasteiger partial charge in [-0.2, -0.15) is 0 Å². The highest BCUT2D eigenvalue weighted by atomic mass is 16.5. The zero-order valence-corrected chi connectivity index (χ0v) is 15.8. The lowest BCUT2D eigenvalue weighted by atomic mass is 10.1. The average molecular weight is 380 g/mol. The highest BCUT2D eigenvalue weighted by Crippen LogP contribution is 2.24. The minimum atomic E-state index is -1.14. The van der Waals surface area contributed by atoms with Crippen LogP contribution < -0.4 is 5.32 Å². The first-order valence-corrected chi connectivity index (χ1v) is 8.79. The predicted octanol–water partition coefficient (Wildman–Crippen LogP) is 2.47. The molecule has 1 N–H and O–H groups in total. The summed E-state index contributed by atoms with van der Waals surface area (Å²) in [5, 5.41) is 2.66. The van der Waals surface area contributed by atoms with Gasteiger partial charge in [-0.1, -0.05) is 18.2 Å². The molecule has 0 unspecified atom stereocenters. The Morgan fingerprint density at radius 1 is 1.00 bits per heavy atom. The summed E-state index contributed by atoms with van der Waals surface area (Å²) in [6.07, 6.45) is 0. The molecule has 0 spiro atoms. The Morgan fingerprint density at radius 2 is 1.54 bits per heavy atom. The number of hydrogen-bond donors (Lipinski definition) is 1. The lowest BCUT2D eigenvalue weighted by Crippen LogP contribution is -2.44. The molecule has 1 aliphatic rings. The van der Waals surface area contributed by atoms with Crippen molar-refractivity contribution in [3.05, 3.63) is 64.7 Å². The summed E-state index contributed by atoms with van der Waals surface area (Å²) in [5.74, 6) is -2.44. The SMILES string of the molecule is Cc1cc(C)cc(NC(=O)COC(=O)[C@H](C)N2C(=O)c3ccccc3C2=O)c1. The van der Waals surface area contributed by atoms with E-state index in [1.54, 1.807) is 24.3 Å². The standard InChI is InChI=1S/C21H20N2O5/c1-12-8-13(2)10-15(9-12)22-18(24)11-28-21(27)14(3)23-19(25)16-6-4-5-7-17(16)20(23)26/h4-10,14H,11H2,1-3H3,(H,22,24)/t14-/m0/s1. The van der Waals surface area contributed by atoms with Crippen LogP contribution in [0.2, 0.25) is 0 Å². The monoisotopic (exact) mass is 380 g/mol. The Kier molecular flexibility index (Phi) is 5.26. The smallest absolute Gasteiger partial charge is 0.329 e. The number of imide groups is 1. The molecule has 7 heteroatoms. The van der Waals surface area contributed by atoms with Gasteiger partial charge in [-0.05, 0) is 56.2 Å². The van der Waals surface area contributed by atoms with Gasteiger partial charge in [0.1, 0.15) is 6.04 Å². The Balaban J connectivity index is 1.60. The molecule has 0 bridgehead atoms. The van der Waals surface area contributed by atoms with Gasteiger partial charge in [0.2, 0.25) is 0 Å². The number of ether oxygens (including phenoxy) is 1. The van der Waals surface area contributed by atoms with Crippen molar-refractivity contribution in [3.63, 3.8) is 0 Å². The van der Waals surface area contributed by atoms with E-state index in [9.17, 15) is 19.2 Å². The van der Waals surface area contributed by atoms with E-state index < -0.39 is 36.3 Å². The van der Waals surface area contributed by atoms with Gasteiger partial charge in [0.05, 0.1) is 11.1 Å². The minimum absolute atomic E-state index is 0.250. The van der Waals surface area contributed by atoms with E-state index in [0.29, 0.717) is 5.69 Å². The minimum Gasteiger partial charge on any atom is -0.454 e. The van der Waals surface area contributed by atoms with Gasteiger partial charge in [0, 0.05) is 5.69 Å². The maximum Gasteiger partial charge on any atom is 0.329 e. The number of anilines is 1. The summed E-state index contributed by atoms with van der Waals surface area (Å²) >= 11 is 0. The van der Waals surface area contributed by atoms with Crippen LogP contribution in [0.3, 0.4) is 0 Å². The highest BCUT2D eigenvalue weighted by molar-refractivity contribution is 6.22. The van der Waals surface area contributed by atoms with E-state index in [1.165, 1.54) is 19.1 Å². The van der Waals surface area contributed by atoms with Crippen LogP contribution in [0, 0.1) is 13.8 Å². The normalized spacial score (nSPS) is 13.9. The van der Waals surface area contributed by atoms with Gasteiger partial charge in [-0.15, -0.1) is 0 Å². The summed E-state index contributed by atoms with van der Waals surface area (Å²) in [4.78, 5) is 50.0. The highest BCUT2D eigenvalue weighted by Gasteiger charge is 2.41. The van der Waals surface area contributed by atoms with Crippen molar-refractivity contribution in [1.29, 1.82) is 0 Å². The average Bonchev–Trinajstić information content (AvgIpc) is 2.89. The third-order valence-electron chi connectivity index (χ3n) is 4.40. The topological polar surface area (TPSA) is 92.8 Å². The van der Waals surface area contributed by atoms with Gasteiger partial charge >= 0.3 is 5.97 Å². The third kappa shape index (κ3) is 3.78. The summed E-state index contributed by atoms with van der Waals surface area (Å²) in [6.45, 7) is 4.70. The first kappa shape index (κ1) is 19.3. The van der Waals surface area contributed by atoms with E-state index in [2.05, 4.69) is 5.32 Å². The quantitative estimate of drug-likeness (QED) is 0.635. The van der Waals surface area contributed by atoms with Crippen LogP contribution in [-0.2, 0) is 14.3 Å². The Labute approximate surface area is 162 Å². The van der Waals surface area contributed by atoms with Crippen molar-refractivity contribution >= 4 is 29.4 Å². The fourth-order valence-corrected chi connectivity index (χ4v) is 3.17. The third-order valence-corrected chi connectivity index (χ3v) is 4.40. The lowest BCUT2D eigenvalue weighted by Gasteiger charge is -2.20. The maximum atomic E-state index is 12.4. The van der Waals surface area contributed by atoms with Crippen molar-refractivity contribution in [2.24, 2.45) is 0 Å². The Morgan fingerprint density at radius 3 is 2.07 bits per heavy atom. The molecule has 0 aromatic heterocycles. The number of carbonyl (C=O) groups excluding carboxylic acids is 4. The summed E-state index contributed by atoms with van der Waals surface area (Å²) in [7, 11) is 0. The second-order valence-electron chi connectivity index (χ2n) is 6.73. The molecule has 0 saturated carbocycles. The second kappa shape index (κ2) is 7.64. The van der Waals surface area contributed by atoms with Gasteiger partial charge in [-0.3, -0.25) is 19.3 Å². The number of fused-ring (bicyclic) bond motifs is 1. The zero-order valence-electron chi connectivity index (χ0n) is 15.8. The Hall–Kier alpha value is -3.48. The number of nitrogens with one attached hydrogen (secondary N) is 1. The summed E-state index contributed by atoms with van der Waals surface area (Å²) in [6, 6.07) is 10.8. The largest absolute Gasteiger partial charge is 0.454 e. The van der Waals surface area contributed by atoms with Gasteiger partial charge < -0.3 is 10.1 Å².